The molecule has 15 heteroatoms. The van der Waals surface area contributed by atoms with Crippen molar-refractivity contribution in [2.24, 2.45) is 5.11 Å². The van der Waals surface area contributed by atoms with Crippen LogP contribution in [0.5, 0.6) is 0 Å². The molecule has 0 aromatic carbocycles. The van der Waals surface area contributed by atoms with Gasteiger partial charge >= 0.3 is 17.9 Å². The Kier molecular flexibility index (Phi) is 14.2. The number of carbonyl (C=O) groups excluding carboxylic acids is 1. The second kappa shape index (κ2) is 16.6. The van der Waals surface area contributed by atoms with Gasteiger partial charge in [-0.1, -0.05) is 0 Å². The molecule has 1 fully saturated rings. The van der Waals surface area contributed by atoms with Gasteiger partial charge in [-0.3, -0.25) is 38.8 Å². The molecule has 0 radical (unpaired) electrons. The molecule has 0 unspecified atom stereocenters. The first kappa shape index (κ1) is 29.1. The Labute approximate surface area is 197 Å². The van der Waals surface area contributed by atoms with Crippen molar-refractivity contribution in [3.63, 3.8) is 0 Å². The van der Waals surface area contributed by atoms with Crippen molar-refractivity contribution in [3.05, 3.63) is 0 Å². The lowest BCUT2D eigenvalue weighted by atomic mass is 10.3. The Balaban J connectivity index is 2.85. The van der Waals surface area contributed by atoms with Crippen LogP contribution < -0.4 is 10.2 Å². The minimum absolute atomic E-state index is 0.0624. The molecule has 34 heavy (non-hydrogen) atoms. The quantitative estimate of drug-likeness (QED) is 0.111. The zero-order chi connectivity index (χ0) is 25.3. The fourth-order valence-corrected chi connectivity index (χ4v) is 3.47. The lowest BCUT2D eigenvalue weighted by Crippen LogP contribution is -2.49. The number of amides is 1. The van der Waals surface area contributed by atoms with Crippen LogP contribution in [0.2, 0.25) is 0 Å². The number of hydrogen-bond donors (Lipinski definition) is 5. The van der Waals surface area contributed by atoms with E-state index in [1.165, 1.54) is 0 Å². The van der Waals surface area contributed by atoms with Gasteiger partial charge in [-0.25, -0.2) is 0 Å². The number of aliphatic carboxylic acids is 3. The van der Waals surface area contributed by atoms with E-state index in [0.29, 0.717) is 71.9 Å². The molecular weight excluding hydrogens is 452 g/mol. The van der Waals surface area contributed by atoms with Crippen LogP contribution in [0.1, 0.15) is 6.42 Å². The first-order chi connectivity index (χ1) is 16.2. The molecule has 1 aliphatic rings. The van der Waals surface area contributed by atoms with Crippen LogP contribution >= 0.6 is 0 Å². The summed E-state index contributed by atoms with van der Waals surface area (Å²) in [6.45, 7) is 2.87. The normalized spacial score (nSPS) is 17.6. The van der Waals surface area contributed by atoms with Gasteiger partial charge in [0, 0.05) is 58.9 Å². The first-order valence-corrected chi connectivity index (χ1v) is 11.0. The van der Waals surface area contributed by atoms with E-state index in [9.17, 15) is 34.5 Å². The molecule has 1 heterocycles. The maximum atomic E-state index is 12.4. The highest BCUT2D eigenvalue weighted by Crippen LogP contribution is 2.01. The lowest BCUT2D eigenvalue weighted by Gasteiger charge is -2.32. The van der Waals surface area contributed by atoms with Gasteiger partial charge in [-0.05, 0) is 6.42 Å². The van der Waals surface area contributed by atoms with Gasteiger partial charge in [0.05, 0.1) is 26.2 Å². The Bertz CT molecular complexity index is 699. The van der Waals surface area contributed by atoms with E-state index in [2.05, 4.69) is 15.3 Å². The fraction of sp³-hybridized carbons (Fsp3) is 0.789. The van der Waals surface area contributed by atoms with E-state index in [1.54, 1.807) is 14.7 Å². The molecule has 0 bridgehead atoms. The van der Waals surface area contributed by atoms with E-state index >= 15 is 0 Å². The third kappa shape index (κ3) is 14.2. The number of carbonyl (C=O) groups is 4. The van der Waals surface area contributed by atoms with Gasteiger partial charge in [0.2, 0.25) is 10.8 Å². The summed E-state index contributed by atoms with van der Waals surface area (Å²) in [5.41, 5.74) is 6.61. The summed E-state index contributed by atoms with van der Waals surface area (Å²) in [5, 5.41) is 33.9. The molecular formula is C19H35N8O7+. The number of carboxylic acids is 3. The summed E-state index contributed by atoms with van der Waals surface area (Å²) in [7, 11) is 0. The topological polar surface area (TPSA) is 204 Å². The van der Waals surface area contributed by atoms with E-state index < -0.39 is 17.9 Å². The molecule has 1 rings (SSSR count). The van der Waals surface area contributed by atoms with Gasteiger partial charge in [0.25, 0.3) is 0 Å². The monoisotopic (exact) mass is 487 g/mol. The van der Waals surface area contributed by atoms with Crippen molar-refractivity contribution >= 4 is 23.8 Å². The van der Waals surface area contributed by atoms with Crippen molar-refractivity contribution in [1.29, 1.82) is 5.53 Å². The highest BCUT2D eigenvalue weighted by atomic mass is 16.4. The van der Waals surface area contributed by atoms with Crippen molar-refractivity contribution in [3.8, 4) is 0 Å². The minimum Gasteiger partial charge on any atom is -0.480 e. The van der Waals surface area contributed by atoms with Crippen molar-refractivity contribution in [1.82, 2.24) is 29.8 Å². The average molecular weight is 488 g/mol. The van der Waals surface area contributed by atoms with Crippen LogP contribution in [0.15, 0.2) is 5.11 Å². The zero-order valence-corrected chi connectivity index (χ0v) is 19.3. The lowest BCUT2D eigenvalue weighted by molar-refractivity contribution is -0.140. The van der Waals surface area contributed by atoms with E-state index in [4.69, 9.17) is 5.53 Å². The van der Waals surface area contributed by atoms with Gasteiger partial charge in [0.15, 0.2) is 0 Å². The Hall–Kier alpha value is -2.97. The Morgan fingerprint density at radius 1 is 0.706 bits per heavy atom. The molecule has 192 valence electrons. The van der Waals surface area contributed by atoms with Crippen LogP contribution in [-0.4, -0.2) is 150 Å². The van der Waals surface area contributed by atoms with Crippen LogP contribution in [0.3, 0.4) is 0 Å². The molecule has 0 saturated carbocycles. The van der Waals surface area contributed by atoms with Crippen molar-refractivity contribution in [2.75, 3.05) is 91.6 Å². The summed E-state index contributed by atoms with van der Waals surface area (Å²) < 4.78 is 0. The van der Waals surface area contributed by atoms with Crippen LogP contribution in [0.25, 0.3) is 0 Å². The molecule has 5 N–H and O–H groups in total. The second-order valence-electron chi connectivity index (χ2n) is 7.95. The van der Waals surface area contributed by atoms with Gasteiger partial charge in [-0.15, -0.1) is 0 Å². The van der Waals surface area contributed by atoms with Crippen molar-refractivity contribution < 1.29 is 34.5 Å². The van der Waals surface area contributed by atoms with E-state index in [1.807, 2.05) is 4.90 Å². The Morgan fingerprint density at radius 2 is 1.06 bits per heavy atom. The molecule has 15 nitrogen and oxygen atoms in total. The maximum Gasteiger partial charge on any atom is 0.317 e. The third-order valence-electron chi connectivity index (χ3n) is 5.20. The maximum absolute atomic E-state index is 12.4. The van der Waals surface area contributed by atoms with Gasteiger partial charge in [-0.2, -0.15) is 0 Å². The van der Waals surface area contributed by atoms with E-state index in [-0.39, 0.29) is 32.1 Å². The number of nitrogens with one attached hydrogen (secondary N) is 2. The molecule has 0 spiro atoms. The molecule has 0 atom stereocenters. The third-order valence-corrected chi connectivity index (χ3v) is 5.20. The highest BCUT2D eigenvalue weighted by Gasteiger charge is 2.21. The number of carboxylic acid groups (broad SMARTS) is 3. The second-order valence-corrected chi connectivity index (χ2v) is 7.95. The standard InChI is InChI=1S/C19H34N8O7/c20-23-22-3-1-2-21-16(28)12-24-4-6-25(13-17(29)30)8-10-27(15-19(33)34)11-9-26(7-5-24)14-18(31)32/h20H,1-15H2,(H3-,21,28,29,30,31,32,33,34)/p+1. The molecule has 1 saturated heterocycles. The molecule has 0 aromatic rings. The van der Waals surface area contributed by atoms with Crippen LogP contribution in [-0.2, 0) is 19.2 Å². The zero-order valence-electron chi connectivity index (χ0n) is 19.3. The van der Waals surface area contributed by atoms with Gasteiger partial charge < -0.3 is 20.6 Å². The summed E-state index contributed by atoms with van der Waals surface area (Å²) in [5.74, 6) is -3.24. The number of rotatable bonds is 12. The molecule has 0 aliphatic carbocycles. The van der Waals surface area contributed by atoms with Crippen LogP contribution in [0.4, 0.5) is 0 Å². The number of nitrogens with zero attached hydrogens (tertiary/aromatic N) is 6. The summed E-state index contributed by atoms with van der Waals surface area (Å²) in [6, 6.07) is 0. The smallest absolute Gasteiger partial charge is 0.317 e. The molecule has 1 amide bonds. The van der Waals surface area contributed by atoms with Crippen LogP contribution in [0, 0.1) is 5.53 Å². The van der Waals surface area contributed by atoms with Crippen molar-refractivity contribution in [2.45, 2.75) is 6.42 Å². The fourth-order valence-electron chi connectivity index (χ4n) is 3.47. The predicted molar refractivity (Wildman–Crippen MR) is 118 cm³/mol. The predicted octanol–water partition coefficient (Wildman–Crippen LogP) is -2.48. The van der Waals surface area contributed by atoms with Gasteiger partial charge in [0.1, 0.15) is 17.2 Å². The molecule has 0 aromatic heterocycles. The molecule has 1 aliphatic heterocycles. The largest absolute Gasteiger partial charge is 0.480 e. The Morgan fingerprint density at radius 3 is 1.38 bits per heavy atom. The summed E-state index contributed by atoms with van der Waals surface area (Å²) in [4.78, 5) is 56.0. The summed E-state index contributed by atoms with van der Waals surface area (Å²) >= 11 is 0. The first-order valence-electron chi connectivity index (χ1n) is 11.0. The number of hydrogen-bond acceptors (Lipinski definition) is 10. The average Bonchev–Trinajstić information content (AvgIpc) is 2.74. The minimum atomic E-state index is -1.01. The van der Waals surface area contributed by atoms with E-state index in [0.717, 1.165) is 0 Å². The highest BCUT2D eigenvalue weighted by molar-refractivity contribution is 5.78. The summed E-state index contributed by atoms with van der Waals surface area (Å²) in [6.07, 6.45) is 0.541. The SMILES string of the molecule is N=[N+]=NCCCNC(=O)CN1CCN(CC(=O)O)CCN(CC(=O)O)CCN(CC(=O)O)CC1.